The Balaban J connectivity index is 1.41. The van der Waals surface area contributed by atoms with Crippen molar-refractivity contribution in [3.05, 3.63) is 34.3 Å². The van der Waals surface area contributed by atoms with Gasteiger partial charge in [-0.25, -0.2) is 4.98 Å². The fourth-order valence-electron chi connectivity index (χ4n) is 2.32. The van der Waals surface area contributed by atoms with E-state index in [2.05, 4.69) is 10.3 Å². The molecule has 1 aliphatic heterocycles. The van der Waals surface area contributed by atoms with Crippen molar-refractivity contribution in [3.63, 3.8) is 0 Å². The zero-order valence-corrected chi connectivity index (χ0v) is 14.5. The molecule has 1 atom stereocenters. The molecule has 0 spiro atoms. The largest absolute Gasteiger partial charge is 0.481 e. The highest BCUT2D eigenvalue weighted by Gasteiger charge is 2.17. The summed E-state index contributed by atoms with van der Waals surface area (Å²) in [7, 11) is 0. The summed E-state index contributed by atoms with van der Waals surface area (Å²) < 4.78 is 16.2. The van der Waals surface area contributed by atoms with Gasteiger partial charge in [0.25, 0.3) is 5.91 Å². The molecule has 0 fully saturated rings. The first-order chi connectivity index (χ1) is 11.6. The van der Waals surface area contributed by atoms with E-state index in [1.165, 1.54) is 0 Å². The molecule has 1 aromatic heterocycles. The maximum atomic E-state index is 12.1. The molecule has 3 rings (SSSR count). The minimum Gasteiger partial charge on any atom is -0.481 e. The first kappa shape index (κ1) is 16.6. The first-order valence-corrected chi connectivity index (χ1v) is 8.75. The van der Waals surface area contributed by atoms with E-state index in [0.29, 0.717) is 23.8 Å². The second-order valence-electron chi connectivity index (χ2n) is 5.55. The van der Waals surface area contributed by atoms with Crippen molar-refractivity contribution >= 4 is 17.2 Å². The van der Waals surface area contributed by atoms with Crippen LogP contribution in [0.3, 0.4) is 0 Å². The summed E-state index contributed by atoms with van der Waals surface area (Å²) in [5, 5.41) is 6.03. The number of thiazole rings is 1. The van der Waals surface area contributed by atoms with E-state index in [1.54, 1.807) is 36.5 Å². The predicted molar refractivity (Wildman–Crippen MR) is 90.8 cm³/mol. The van der Waals surface area contributed by atoms with Crippen LogP contribution >= 0.6 is 11.3 Å². The number of nitrogens with one attached hydrogen (secondary N) is 1. The topological polar surface area (TPSA) is 69.7 Å². The van der Waals surface area contributed by atoms with Crippen molar-refractivity contribution in [1.82, 2.24) is 10.3 Å². The lowest BCUT2D eigenvalue weighted by Crippen LogP contribution is -2.36. The number of amides is 1. The van der Waals surface area contributed by atoms with Crippen molar-refractivity contribution < 1.29 is 19.0 Å². The molecule has 1 amide bonds. The molecule has 1 aliphatic rings. The van der Waals surface area contributed by atoms with Crippen LogP contribution in [0.1, 0.15) is 24.0 Å². The van der Waals surface area contributed by atoms with E-state index in [4.69, 9.17) is 14.2 Å². The van der Waals surface area contributed by atoms with Gasteiger partial charge in [-0.05, 0) is 32.4 Å². The van der Waals surface area contributed by atoms with Gasteiger partial charge in [0.2, 0.25) is 6.79 Å². The summed E-state index contributed by atoms with van der Waals surface area (Å²) in [5.74, 6) is 1.78. The van der Waals surface area contributed by atoms with Crippen molar-refractivity contribution in [2.75, 3.05) is 13.3 Å². The molecule has 24 heavy (non-hydrogen) atoms. The molecule has 2 heterocycles. The number of hydrogen-bond donors (Lipinski definition) is 1. The molecule has 7 heteroatoms. The van der Waals surface area contributed by atoms with Crippen LogP contribution in [-0.2, 0) is 11.2 Å². The van der Waals surface area contributed by atoms with E-state index in [-0.39, 0.29) is 12.7 Å². The van der Waals surface area contributed by atoms with Crippen LogP contribution < -0.4 is 19.5 Å². The number of aromatic nitrogens is 1. The lowest BCUT2D eigenvalue weighted by Gasteiger charge is -2.14. The van der Waals surface area contributed by atoms with Crippen LogP contribution in [0.2, 0.25) is 0 Å². The van der Waals surface area contributed by atoms with Gasteiger partial charge in [0, 0.05) is 30.1 Å². The molecule has 0 aliphatic carbocycles. The summed E-state index contributed by atoms with van der Waals surface area (Å²) in [5.41, 5.74) is 1.05. The van der Waals surface area contributed by atoms with Gasteiger partial charge >= 0.3 is 0 Å². The summed E-state index contributed by atoms with van der Waals surface area (Å²) in [4.78, 5) is 16.5. The highest BCUT2D eigenvalue weighted by molar-refractivity contribution is 7.09. The first-order valence-electron chi connectivity index (χ1n) is 7.87. The third-order valence-electron chi connectivity index (χ3n) is 3.56. The summed E-state index contributed by atoms with van der Waals surface area (Å²) >= 11 is 1.66. The molecule has 128 valence electrons. The second-order valence-corrected chi connectivity index (χ2v) is 6.50. The Morgan fingerprint density at radius 2 is 2.25 bits per heavy atom. The number of nitrogens with zero attached hydrogens (tertiary/aromatic N) is 1. The fourth-order valence-corrected chi connectivity index (χ4v) is 3.14. The molecule has 1 aromatic carbocycles. The molecule has 0 radical (unpaired) electrons. The summed E-state index contributed by atoms with van der Waals surface area (Å²) in [6.45, 7) is 4.53. The molecule has 0 saturated carbocycles. The van der Waals surface area contributed by atoms with Crippen molar-refractivity contribution in [1.29, 1.82) is 0 Å². The van der Waals surface area contributed by atoms with Crippen molar-refractivity contribution in [2.45, 2.75) is 32.8 Å². The summed E-state index contributed by atoms with van der Waals surface area (Å²) in [6, 6.07) is 5.28. The normalized spacial score (nSPS) is 13.6. The zero-order chi connectivity index (χ0) is 16.9. The number of rotatable bonds is 7. The van der Waals surface area contributed by atoms with Gasteiger partial charge in [-0.3, -0.25) is 4.79 Å². The Kier molecular flexibility index (Phi) is 5.20. The number of carbonyl (C=O) groups is 1. The van der Waals surface area contributed by atoms with Crippen LogP contribution in [0, 0.1) is 6.92 Å². The van der Waals surface area contributed by atoms with Gasteiger partial charge in [-0.2, -0.15) is 0 Å². The van der Waals surface area contributed by atoms with Crippen LogP contribution in [0.25, 0.3) is 0 Å². The highest BCUT2D eigenvalue weighted by Crippen LogP contribution is 2.35. The lowest BCUT2D eigenvalue weighted by molar-refractivity contribution is -0.127. The Morgan fingerprint density at radius 3 is 3.04 bits per heavy atom. The number of aryl methyl sites for hydroxylation is 2. The van der Waals surface area contributed by atoms with E-state index < -0.39 is 6.10 Å². The zero-order valence-electron chi connectivity index (χ0n) is 13.7. The highest BCUT2D eigenvalue weighted by atomic mass is 32.1. The molecule has 0 saturated heterocycles. The third-order valence-corrected chi connectivity index (χ3v) is 4.59. The Morgan fingerprint density at radius 1 is 1.42 bits per heavy atom. The van der Waals surface area contributed by atoms with Gasteiger partial charge in [-0.1, -0.05) is 0 Å². The molecule has 0 bridgehead atoms. The number of ether oxygens (including phenoxy) is 3. The van der Waals surface area contributed by atoms with Crippen molar-refractivity contribution in [3.8, 4) is 17.2 Å². The Hall–Kier alpha value is -2.28. The van der Waals surface area contributed by atoms with Gasteiger partial charge in [0.1, 0.15) is 5.75 Å². The van der Waals surface area contributed by atoms with Crippen LogP contribution in [0.15, 0.2) is 23.6 Å². The average Bonchev–Trinajstić information content (AvgIpc) is 3.19. The fraction of sp³-hybridized carbons (Fsp3) is 0.412. The smallest absolute Gasteiger partial charge is 0.260 e. The number of fused-ring (bicyclic) bond motifs is 1. The van der Waals surface area contributed by atoms with Crippen molar-refractivity contribution in [2.24, 2.45) is 0 Å². The molecule has 2 aromatic rings. The SMILES string of the molecule is Cc1csc(CCCNC(=O)C(C)Oc2ccc3c(c2)OCO3)n1. The minimum atomic E-state index is -0.576. The number of carbonyl (C=O) groups excluding carboxylic acids is 1. The van der Waals surface area contributed by atoms with Gasteiger partial charge in [0.05, 0.1) is 5.01 Å². The average molecular weight is 348 g/mol. The standard InChI is InChI=1S/C17H20N2O4S/c1-11-9-24-16(19-11)4-3-7-18-17(20)12(2)23-13-5-6-14-15(8-13)22-10-21-14/h5-6,8-9,12H,3-4,7,10H2,1-2H3,(H,18,20). The van der Waals surface area contributed by atoms with Gasteiger partial charge in [0.15, 0.2) is 17.6 Å². The maximum Gasteiger partial charge on any atom is 0.260 e. The summed E-state index contributed by atoms with van der Waals surface area (Å²) in [6.07, 6.45) is 1.15. The molecule has 1 N–H and O–H groups in total. The van der Waals surface area contributed by atoms with E-state index in [9.17, 15) is 4.79 Å². The monoisotopic (exact) mass is 348 g/mol. The van der Waals surface area contributed by atoms with Gasteiger partial charge < -0.3 is 19.5 Å². The van der Waals surface area contributed by atoms with E-state index >= 15 is 0 Å². The second kappa shape index (κ2) is 7.53. The maximum absolute atomic E-state index is 12.1. The molecule has 6 nitrogen and oxygen atoms in total. The van der Waals surface area contributed by atoms with Crippen LogP contribution in [0.4, 0.5) is 0 Å². The Labute approximate surface area is 144 Å². The van der Waals surface area contributed by atoms with Crippen LogP contribution in [0.5, 0.6) is 17.2 Å². The van der Waals surface area contributed by atoms with E-state index in [0.717, 1.165) is 23.5 Å². The third kappa shape index (κ3) is 4.17. The Bertz CT molecular complexity index is 716. The minimum absolute atomic E-state index is 0.136. The lowest BCUT2D eigenvalue weighted by atomic mass is 10.3. The van der Waals surface area contributed by atoms with Crippen LogP contribution in [-0.4, -0.2) is 30.3 Å². The molecule has 1 unspecified atom stereocenters. The number of benzene rings is 1. The van der Waals surface area contributed by atoms with Gasteiger partial charge in [-0.15, -0.1) is 11.3 Å². The number of hydrogen-bond acceptors (Lipinski definition) is 6. The predicted octanol–water partition coefficient (Wildman–Crippen LogP) is 2.70. The molecular weight excluding hydrogens is 328 g/mol. The quantitative estimate of drug-likeness (QED) is 0.779. The molecular formula is C17H20N2O4S. The van der Waals surface area contributed by atoms with E-state index in [1.807, 2.05) is 12.3 Å².